The molecule has 108 valence electrons. The number of aromatic nitrogens is 2. The average molecular weight is 309 g/mol. The van der Waals surface area contributed by atoms with E-state index in [2.05, 4.69) is 42.1 Å². The van der Waals surface area contributed by atoms with Gasteiger partial charge in [-0.05, 0) is 18.9 Å². The van der Waals surface area contributed by atoms with E-state index in [-0.39, 0.29) is 5.91 Å². The zero-order valence-corrected chi connectivity index (χ0v) is 13.6. The third-order valence-corrected chi connectivity index (χ3v) is 4.66. The van der Waals surface area contributed by atoms with Crippen LogP contribution < -0.4 is 5.32 Å². The minimum atomic E-state index is 0.109. The van der Waals surface area contributed by atoms with E-state index in [4.69, 9.17) is 0 Å². The van der Waals surface area contributed by atoms with Gasteiger partial charge in [-0.15, -0.1) is 23.1 Å². The Morgan fingerprint density at radius 2 is 2.25 bits per heavy atom. The summed E-state index contributed by atoms with van der Waals surface area (Å²) in [6, 6.07) is 2.11. The van der Waals surface area contributed by atoms with Crippen molar-refractivity contribution >= 4 is 39.2 Å². The summed E-state index contributed by atoms with van der Waals surface area (Å²) in [5.74, 6) is 1.34. The minimum absolute atomic E-state index is 0.109. The summed E-state index contributed by atoms with van der Waals surface area (Å²) in [7, 11) is 0. The maximum Gasteiger partial charge on any atom is 0.220 e. The Kier molecular flexibility index (Phi) is 5.37. The third kappa shape index (κ3) is 4.18. The number of thioether (sulfide) groups is 1. The highest BCUT2D eigenvalue weighted by atomic mass is 32.2. The summed E-state index contributed by atoms with van der Waals surface area (Å²) < 4.78 is 0. The molecule has 0 saturated heterocycles. The fraction of sp³-hybridized carbons (Fsp3) is 0.500. The standard InChI is InChI=1S/C14H19N3OS2/c1-9(2)7-15-12(18)4-5-19-13-11-6-10(3)20-14(11)17-8-16-13/h6,8-9H,4-5,7H2,1-3H3,(H,15,18). The maximum atomic E-state index is 11.7. The molecule has 0 saturated carbocycles. The van der Waals surface area contributed by atoms with Gasteiger partial charge >= 0.3 is 0 Å². The van der Waals surface area contributed by atoms with Gasteiger partial charge in [0.15, 0.2) is 0 Å². The highest BCUT2D eigenvalue weighted by Gasteiger charge is 2.08. The number of aryl methyl sites for hydroxylation is 1. The zero-order valence-electron chi connectivity index (χ0n) is 12.0. The lowest BCUT2D eigenvalue weighted by Gasteiger charge is -2.07. The van der Waals surface area contributed by atoms with Crippen LogP contribution in [0.1, 0.15) is 25.1 Å². The van der Waals surface area contributed by atoms with Crippen molar-refractivity contribution in [1.82, 2.24) is 15.3 Å². The number of nitrogens with zero attached hydrogens (tertiary/aromatic N) is 2. The van der Waals surface area contributed by atoms with Gasteiger partial charge in [-0.1, -0.05) is 13.8 Å². The number of carbonyl (C=O) groups is 1. The number of thiophene rings is 1. The second-order valence-corrected chi connectivity index (χ2v) is 7.37. The van der Waals surface area contributed by atoms with E-state index in [0.717, 1.165) is 27.5 Å². The van der Waals surface area contributed by atoms with Crippen LogP contribution in [-0.4, -0.2) is 28.2 Å². The van der Waals surface area contributed by atoms with E-state index in [1.807, 2.05) is 0 Å². The van der Waals surface area contributed by atoms with Gasteiger partial charge in [0.1, 0.15) is 16.2 Å². The Balaban J connectivity index is 1.88. The Morgan fingerprint density at radius 1 is 1.45 bits per heavy atom. The van der Waals surface area contributed by atoms with E-state index in [9.17, 15) is 4.79 Å². The van der Waals surface area contributed by atoms with Gasteiger partial charge in [0.2, 0.25) is 5.91 Å². The van der Waals surface area contributed by atoms with Crippen LogP contribution in [0.3, 0.4) is 0 Å². The molecule has 20 heavy (non-hydrogen) atoms. The molecule has 0 aliphatic rings. The molecule has 0 aliphatic heterocycles. The van der Waals surface area contributed by atoms with Crippen molar-refractivity contribution in [2.75, 3.05) is 12.3 Å². The minimum Gasteiger partial charge on any atom is -0.356 e. The molecule has 0 atom stereocenters. The summed E-state index contributed by atoms with van der Waals surface area (Å²) in [5, 5.41) is 4.99. The zero-order chi connectivity index (χ0) is 14.5. The molecule has 0 aromatic carbocycles. The van der Waals surface area contributed by atoms with Gasteiger partial charge in [0.05, 0.1) is 0 Å². The van der Waals surface area contributed by atoms with Crippen LogP contribution >= 0.6 is 23.1 Å². The van der Waals surface area contributed by atoms with Gasteiger partial charge in [0.25, 0.3) is 0 Å². The first-order chi connectivity index (χ1) is 9.56. The number of rotatable bonds is 6. The summed E-state index contributed by atoms with van der Waals surface area (Å²) in [6.45, 7) is 6.99. The molecule has 4 nitrogen and oxygen atoms in total. The molecule has 0 radical (unpaired) electrons. The van der Waals surface area contributed by atoms with E-state index in [1.54, 1.807) is 29.4 Å². The fourth-order valence-corrected chi connectivity index (χ4v) is 3.54. The van der Waals surface area contributed by atoms with Gasteiger partial charge < -0.3 is 5.32 Å². The molecule has 6 heteroatoms. The molecule has 1 N–H and O–H groups in total. The largest absolute Gasteiger partial charge is 0.356 e. The molecule has 2 aromatic rings. The highest BCUT2D eigenvalue weighted by molar-refractivity contribution is 7.99. The van der Waals surface area contributed by atoms with Crippen LogP contribution in [0.15, 0.2) is 17.4 Å². The lowest BCUT2D eigenvalue weighted by Crippen LogP contribution is -2.27. The normalized spacial score (nSPS) is 11.2. The van der Waals surface area contributed by atoms with Crippen LogP contribution in [-0.2, 0) is 4.79 Å². The number of hydrogen-bond acceptors (Lipinski definition) is 5. The molecule has 0 aliphatic carbocycles. The molecule has 0 spiro atoms. The van der Waals surface area contributed by atoms with E-state index in [0.29, 0.717) is 12.3 Å². The quantitative estimate of drug-likeness (QED) is 0.657. The van der Waals surface area contributed by atoms with E-state index < -0.39 is 0 Å². The fourth-order valence-electron chi connectivity index (χ4n) is 1.72. The number of fused-ring (bicyclic) bond motifs is 1. The Bertz CT molecular complexity index is 595. The van der Waals surface area contributed by atoms with Crippen LogP contribution in [0.25, 0.3) is 10.2 Å². The summed E-state index contributed by atoms with van der Waals surface area (Å²) in [5.41, 5.74) is 0. The van der Waals surface area contributed by atoms with Crippen molar-refractivity contribution in [2.45, 2.75) is 32.2 Å². The monoisotopic (exact) mass is 309 g/mol. The first-order valence-electron chi connectivity index (χ1n) is 6.67. The Morgan fingerprint density at radius 3 is 3.00 bits per heavy atom. The predicted molar refractivity (Wildman–Crippen MR) is 85.3 cm³/mol. The lowest BCUT2D eigenvalue weighted by molar-refractivity contribution is -0.120. The highest BCUT2D eigenvalue weighted by Crippen LogP contribution is 2.30. The number of hydrogen-bond donors (Lipinski definition) is 1. The molecule has 0 unspecified atom stereocenters. The van der Waals surface area contributed by atoms with Gasteiger partial charge in [-0.25, -0.2) is 9.97 Å². The molecule has 0 bridgehead atoms. The van der Waals surface area contributed by atoms with Crippen LogP contribution in [0.5, 0.6) is 0 Å². The number of nitrogens with one attached hydrogen (secondary N) is 1. The third-order valence-electron chi connectivity index (χ3n) is 2.69. The summed E-state index contributed by atoms with van der Waals surface area (Å²) in [4.78, 5) is 22.5. The van der Waals surface area contributed by atoms with E-state index >= 15 is 0 Å². The maximum absolute atomic E-state index is 11.7. The smallest absolute Gasteiger partial charge is 0.220 e. The van der Waals surface area contributed by atoms with Gasteiger partial charge in [0, 0.05) is 29.0 Å². The SMILES string of the molecule is Cc1cc2c(SCCC(=O)NCC(C)C)ncnc2s1. The van der Waals surface area contributed by atoms with Crippen molar-refractivity contribution in [3.05, 3.63) is 17.3 Å². The van der Waals surface area contributed by atoms with Crippen LogP contribution in [0, 0.1) is 12.8 Å². The van der Waals surface area contributed by atoms with Crippen molar-refractivity contribution in [3.63, 3.8) is 0 Å². The predicted octanol–water partition coefficient (Wildman–Crippen LogP) is 3.25. The first-order valence-corrected chi connectivity index (χ1v) is 8.47. The van der Waals surface area contributed by atoms with E-state index in [1.165, 1.54) is 4.88 Å². The van der Waals surface area contributed by atoms with Gasteiger partial charge in [-0.3, -0.25) is 4.79 Å². The lowest BCUT2D eigenvalue weighted by atomic mass is 10.2. The molecule has 2 aromatic heterocycles. The molecule has 0 fully saturated rings. The molecular weight excluding hydrogens is 290 g/mol. The molecule has 2 rings (SSSR count). The molecular formula is C14H19N3OS2. The second kappa shape index (κ2) is 7.04. The van der Waals surface area contributed by atoms with Crippen molar-refractivity contribution in [3.8, 4) is 0 Å². The van der Waals surface area contributed by atoms with Crippen molar-refractivity contribution in [1.29, 1.82) is 0 Å². The van der Waals surface area contributed by atoms with Crippen LogP contribution in [0.2, 0.25) is 0 Å². The average Bonchev–Trinajstić information content (AvgIpc) is 2.77. The first kappa shape index (κ1) is 15.3. The topological polar surface area (TPSA) is 54.9 Å². The van der Waals surface area contributed by atoms with Crippen LogP contribution in [0.4, 0.5) is 0 Å². The Hall–Kier alpha value is -1.14. The molecule has 1 amide bonds. The Labute approximate surface area is 127 Å². The van der Waals surface area contributed by atoms with Gasteiger partial charge in [-0.2, -0.15) is 0 Å². The summed E-state index contributed by atoms with van der Waals surface area (Å²) in [6.07, 6.45) is 2.12. The number of carbonyl (C=O) groups excluding carboxylic acids is 1. The second-order valence-electron chi connectivity index (χ2n) is 5.05. The number of amides is 1. The van der Waals surface area contributed by atoms with Crippen molar-refractivity contribution in [2.24, 2.45) is 5.92 Å². The summed E-state index contributed by atoms with van der Waals surface area (Å²) >= 11 is 3.29. The van der Waals surface area contributed by atoms with Crippen molar-refractivity contribution < 1.29 is 4.79 Å². The molecule has 2 heterocycles.